The van der Waals surface area contributed by atoms with Gasteiger partial charge in [-0.2, -0.15) is 0 Å². The van der Waals surface area contributed by atoms with E-state index < -0.39 is 5.97 Å². The first-order valence-corrected chi connectivity index (χ1v) is 7.26. The molecule has 1 N–H and O–H groups in total. The van der Waals surface area contributed by atoms with Crippen LogP contribution in [-0.4, -0.2) is 27.0 Å². The second-order valence-electron chi connectivity index (χ2n) is 3.48. The van der Waals surface area contributed by atoms with Crippen molar-refractivity contribution in [2.24, 2.45) is 0 Å². The number of thioether (sulfide) groups is 1. The van der Waals surface area contributed by atoms with E-state index in [1.54, 1.807) is 11.3 Å². The first-order chi connectivity index (χ1) is 8.69. The lowest BCUT2D eigenvalue weighted by molar-refractivity contribution is -0.136. The molecule has 0 unspecified atom stereocenters. The zero-order valence-corrected chi connectivity index (χ0v) is 11.4. The number of carbonyl (C=O) groups is 1. The van der Waals surface area contributed by atoms with E-state index in [9.17, 15) is 4.79 Å². The molecule has 2 aromatic rings. The standard InChI is InChI=1S/C11H12N2O3S2/c1-2-7-3-4-8(18-7)10-12-13-11(16-10)17-6-5-9(14)15/h3-4H,2,5-6H2,1H3,(H,14,15). The van der Waals surface area contributed by atoms with Crippen LogP contribution < -0.4 is 0 Å². The highest BCUT2D eigenvalue weighted by Gasteiger charge is 2.11. The summed E-state index contributed by atoms with van der Waals surface area (Å²) in [6.07, 6.45) is 1.07. The van der Waals surface area contributed by atoms with Crippen molar-refractivity contribution in [3.8, 4) is 10.8 Å². The number of nitrogens with zero attached hydrogens (tertiary/aromatic N) is 2. The van der Waals surface area contributed by atoms with Gasteiger partial charge in [0.2, 0.25) is 0 Å². The predicted octanol–water partition coefficient (Wildman–Crippen LogP) is 2.93. The van der Waals surface area contributed by atoms with E-state index in [2.05, 4.69) is 17.1 Å². The molecule has 0 aliphatic carbocycles. The molecule has 2 heterocycles. The molecule has 0 bridgehead atoms. The average molecular weight is 284 g/mol. The Kier molecular flexibility index (Phi) is 4.38. The van der Waals surface area contributed by atoms with Gasteiger partial charge in [0.25, 0.3) is 11.1 Å². The van der Waals surface area contributed by atoms with E-state index in [4.69, 9.17) is 9.52 Å². The largest absolute Gasteiger partial charge is 0.481 e. The van der Waals surface area contributed by atoms with Crippen molar-refractivity contribution in [2.75, 3.05) is 5.75 Å². The first-order valence-electron chi connectivity index (χ1n) is 5.46. The molecule has 0 atom stereocenters. The van der Waals surface area contributed by atoms with Crippen molar-refractivity contribution in [1.29, 1.82) is 0 Å². The van der Waals surface area contributed by atoms with Gasteiger partial charge < -0.3 is 9.52 Å². The normalized spacial score (nSPS) is 10.7. The fraction of sp³-hybridized carbons (Fsp3) is 0.364. The van der Waals surface area contributed by atoms with E-state index in [0.717, 1.165) is 11.3 Å². The lowest BCUT2D eigenvalue weighted by Crippen LogP contribution is -1.95. The van der Waals surface area contributed by atoms with E-state index in [1.165, 1.54) is 16.6 Å². The maximum Gasteiger partial charge on any atom is 0.304 e. The Balaban J connectivity index is 1.99. The number of aryl methyl sites for hydroxylation is 1. The third-order valence-corrected chi connectivity index (χ3v) is 4.21. The molecular weight excluding hydrogens is 272 g/mol. The van der Waals surface area contributed by atoms with Crippen LogP contribution in [0.15, 0.2) is 21.8 Å². The monoisotopic (exact) mass is 284 g/mol. The number of carboxylic acids is 1. The topological polar surface area (TPSA) is 76.2 Å². The van der Waals surface area contributed by atoms with Crippen molar-refractivity contribution in [3.05, 3.63) is 17.0 Å². The highest BCUT2D eigenvalue weighted by atomic mass is 32.2. The molecule has 0 aromatic carbocycles. The lowest BCUT2D eigenvalue weighted by Gasteiger charge is -1.91. The van der Waals surface area contributed by atoms with Crippen molar-refractivity contribution < 1.29 is 14.3 Å². The summed E-state index contributed by atoms with van der Waals surface area (Å²) in [6, 6.07) is 4.00. The molecule has 7 heteroatoms. The molecule has 2 rings (SSSR count). The predicted molar refractivity (Wildman–Crippen MR) is 70.0 cm³/mol. The summed E-state index contributed by atoms with van der Waals surface area (Å²) in [7, 11) is 0. The molecule has 96 valence electrons. The molecule has 0 saturated heterocycles. The fourth-order valence-electron chi connectivity index (χ4n) is 1.28. The van der Waals surface area contributed by atoms with Crippen molar-refractivity contribution in [2.45, 2.75) is 25.0 Å². The summed E-state index contributed by atoms with van der Waals surface area (Å²) in [6.45, 7) is 2.09. The molecular formula is C11H12N2O3S2. The molecule has 0 spiro atoms. The number of aliphatic carboxylic acids is 1. The SMILES string of the molecule is CCc1ccc(-c2nnc(SCCC(=O)O)o2)s1. The molecule has 0 radical (unpaired) electrons. The summed E-state index contributed by atoms with van der Waals surface area (Å²) in [5.41, 5.74) is 0. The van der Waals surface area contributed by atoms with E-state index >= 15 is 0 Å². The molecule has 5 nitrogen and oxygen atoms in total. The molecule has 18 heavy (non-hydrogen) atoms. The second-order valence-corrected chi connectivity index (χ2v) is 5.70. The van der Waals surface area contributed by atoms with Crippen LogP contribution >= 0.6 is 23.1 Å². The Morgan fingerprint density at radius 2 is 2.33 bits per heavy atom. The highest BCUT2D eigenvalue weighted by Crippen LogP contribution is 2.29. The van der Waals surface area contributed by atoms with Gasteiger partial charge in [-0.15, -0.1) is 21.5 Å². The third kappa shape index (κ3) is 3.33. The first kappa shape index (κ1) is 13.1. The van der Waals surface area contributed by atoms with Crippen LogP contribution in [0.2, 0.25) is 0 Å². The van der Waals surface area contributed by atoms with Gasteiger partial charge in [-0.3, -0.25) is 4.79 Å². The Morgan fingerprint density at radius 1 is 1.50 bits per heavy atom. The van der Waals surface area contributed by atoms with Gasteiger partial charge in [0.05, 0.1) is 11.3 Å². The van der Waals surface area contributed by atoms with Crippen molar-refractivity contribution in [1.82, 2.24) is 10.2 Å². The van der Waals surface area contributed by atoms with Gasteiger partial charge in [-0.1, -0.05) is 18.7 Å². The number of rotatable bonds is 6. The summed E-state index contributed by atoms with van der Waals surface area (Å²) in [5.74, 6) is 0.104. The Bertz CT molecular complexity index is 536. The minimum atomic E-state index is -0.826. The van der Waals surface area contributed by atoms with Gasteiger partial charge in [0.1, 0.15) is 0 Å². The fourth-order valence-corrected chi connectivity index (χ4v) is 2.83. The van der Waals surface area contributed by atoms with Crippen molar-refractivity contribution in [3.63, 3.8) is 0 Å². The Hall–Kier alpha value is -1.34. The molecule has 0 amide bonds. The van der Waals surface area contributed by atoms with Gasteiger partial charge in [-0.25, -0.2) is 0 Å². The smallest absolute Gasteiger partial charge is 0.304 e. The Morgan fingerprint density at radius 3 is 3.00 bits per heavy atom. The van der Waals surface area contributed by atoms with Crippen LogP contribution in [0, 0.1) is 0 Å². The van der Waals surface area contributed by atoms with Crippen LogP contribution in [-0.2, 0) is 11.2 Å². The van der Waals surface area contributed by atoms with E-state index in [1.807, 2.05) is 12.1 Å². The second kappa shape index (κ2) is 6.01. The number of carboxylic acid groups (broad SMARTS) is 1. The number of aromatic nitrogens is 2. The lowest BCUT2D eigenvalue weighted by atomic mass is 10.4. The van der Waals surface area contributed by atoms with Gasteiger partial charge in [0, 0.05) is 10.6 Å². The number of hydrogen-bond acceptors (Lipinski definition) is 6. The summed E-state index contributed by atoms with van der Waals surface area (Å²) in [5, 5.41) is 16.8. The Labute approximate surface area is 112 Å². The number of hydrogen-bond donors (Lipinski definition) is 1. The van der Waals surface area contributed by atoms with Crippen LogP contribution in [0.3, 0.4) is 0 Å². The summed E-state index contributed by atoms with van der Waals surface area (Å²) < 4.78 is 5.47. The highest BCUT2D eigenvalue weighted by molar-refractivity contribution is 7.99. The van der Waals surface area contributed by atoms with Crippen LogP contribution in [0.5, 0.6) is 0 Å². The van der Waals surface area contributed by atoms with Crippen molar-refractivity contribution >= 4 is 29.1 Å². The average Bonchev–Trinajstić information content (AvgIpc) is 2.95. The van der Waals surface area contributed by atoms with E-state index in [-0.39, 0.29) is 6.42 Å². The molecule has 0 fully saturated rings. The molecule has 0 aliphatic rings. The zero-order chi connectivity index (χ0) is 13.0. The van der Waals surface area contributed by atoms with Crippen LogP contribution in [0.1, 0.15) is 18.2 Å². The zero-order valence-electron chi connectivity index (χ0n) is 9.75. The quantitative estimate of drug-likeness (QED) is 0.822. The molecule has 0 saturated carbocycles. The van der Waals surface area contributed by atoms with Crippen LogP contribution in [0.25, 0.3) is 10.8 Å². The maximum atomic E-state index is 10.4. The minimum Gasteiger partial charge on any atom is -0.481 e. The minimum absolute atomic E-state index is 0.0847. The van der Waals surface area contributed by atoms with E-state index in [0.29, 0.717) is 16.9 Å². The van der Waals surface area contributed by atoms with Crippen LogP contribution in [0.4, 0.5) is 0 Å². The summed E-state index contributed by atoms with van der Waals surface area (Å²) >= 11 is 2.89. The van der Waals surface area contributed by atoms with Gasteiger partial charge >= 0.3 is 5.97 Å². The third-order valence-electron chi connectivity index (χ3n) is 2.17. The molecule has 0 aliphatic heterocycles. The van der Waals surface area contributed by atoms with Gasteiger partial charge in [0.15, 0.2) is 0 Å². The maximum absolute atomic E-state index is 10.4. The number of thiophene rings is 1. The molecule has 2 aromatic heterocycles. The summed E-state index contributed by atoms with van der Waals surface area (Å²) in [4.78, 5) is 12.6. The van der Waals surface area contributed by atoms with Gasteiger partial charge in [-0.05, 0) is 18.6 Å².